The number of thiophene rings is 2. The second-order valence-corrected chi connectivity index (χ2v) is 7.43. The summed E-state index contributed by atoms with van der Waals surface area (Å²) in [6.07, 6.45) is 0.135. The fourth-order valence-corrected chi connectivity index (χ4v) is 3.83. The van der Waals surface area contributed by atoms with Crippen molar-refractivity contribution in [3.8, 4) is 0 Å². The van der Waals surface area contributed by atoms with Crippen molar-refractivity contribution in [1.29, 1.82) is 0 Å². The molecule has 1 amide bonds. The number of aryl methyl sites for hydroxylation is 1. The van der Waals surface area contributed by atoms with Crippen molar-refractivity contribution in [3.63, 3.8) is 0 Å². The molecular formula is C17H19NO5S2. The van der Waals surface area contributed by atoms with E-state index in [9.17, 15) is 14.4 Å². The molecule has 0 aromatic carbocycles. The number of amides is 1. The van der Waals surface area contributed by atoms with Gasteiger partial charge in [-0.15, -0.1) is 22.7 Å². The second kappa shape index (κ2) is 8.77. The molecule has 0 aliphatic rings. The minimum atomic E-state index is -0.494. The van der Waals surface area contributed by atoms with Crippen molar-refractivity contribution >= 4 is 45.5 Å². The molecule has 2 aromatic heterocycles. The molecule has 6 nitrogen and oxygen atoms in total. The van der Waals surface area contributed by atoms with Gasteiger partial charge in [-0.3, -0.25) is 9.59 Å². The Bertz CT molecular complexity index is 764. The fourth-order valence-electron chi connectivity index (χ4n) is 2.08. The third-order valence-electron chi connectivity index (χ3n) is 3.38. The number of nitrogens with one attached hydrogen (secondary N) is 1. The molecule has 0 spiro atoms. The lowest BCUT2D eigenvalue weighted by Crippen LogP contribution is -2.22. The van der Waals surface area contributed by atoms with Crippen LogP contribution in [0.2, 0.25) is 0 Å². The highest BCUT2D eigenvalue weighted by Gasteiger charge is 2.22. The van der Waals surface area contributed by atoms with Crippen LogP contribution in [0, 0.1) is 13.8 Å². The molecule has 0 atom stereocenters. The van der Waals surface area contributed by atoms with Crippen LogP contribution >= 0.6 is 22.7 Å². The van der Waals surface area contributed by atoms with Crippen molar-refractivity contribution in [2.75, 3.05) is 18.5 Å². The zero-order valence-electron chi connectivity index (χ0n) is 14.2. The van der Waals surface area contributed by atoms with Crippen molar-refractivity contribution in [2.45, 2.75) is 27.2 Å². The van der Waals surface area contributed by atoms with Gasteiger partial charge in [0.15, 0.2) is 6.61 Å². The summed E-state index contributed by atoms with van der Waals surface area (Å²) >= 11 is 2.74. The Labute approximate surface area is 153 Å². The van der Waals surface area contributed by atoms with Crippen LogP contribution in [0.25, 0.3) is 0 Å². The van der Waals surface area contributed by atoms with E-state index in [0.29, 0.717) is 10.6 Å². The lowest BCUT2D eigenvalue weighted by molar-refractivity contribution is -0.146. The van der Waals surface area contributed by atoms with Crippen LogP contribution in [0.4, 0.5) is 5.00 Å². The van der Waals surface area contributed by atoms with E-state index in [1.54, 1.807) is 13.8 Å². The number of rotatable bonds is 7. The van der Waals surface area contributed by atoms with Gasteiger partial charge < -0.3 is 14.8 Å². The molecule has 0 aliphatic heterocycles. The number of carbonyl (C=O) groups is 3. The Hall–Kier alpha value is -2.19. The molecule has 2 heterocycles. The van der Waals surface area contributed by atoms with E-state index in [2.05, 4.69) is 5.32 Å². The number of anilines is 1. The predicted molar refractivity (Wildman–Crippen MR) is 97.4 cm³/mol. The molecule has 0 aliphatic carbocycles. The summed E-state index contributed by atoms with van der Waals surface area (Å²) in [6.45, 7) is 5.23. The quantitative estimate of drug-likeness (QED) is 0.744. The SMILES string of the molecule is CCOC(=O)c1c(NC(=O)COC(=O)Cc2cccs2)sc(C)c1C. The average Bonchev–Trinajstić information content (AvgIpc) is 3.14. The summed E-state index contributed by atoms with van der Waals surface area (Å²) < 4.78 is 10.0. The third-order valence-corrected chi connectivity index (χ3v) is 5.38. The van der Waals surface area contributed by atoms with Gasteiger partial charge in [-0.25, -0.2) is 4.79 Å². The van der Waals surface area contributed by atoms with Gasteiger partial charge in [-0.05, 0) is 37.8 Å². The van der Waals surface area contributed by atoms with E-state index in [1.807, 2.05) is 24.4 Å². The van der Waals surface area contributed by atoms with E-state index < -0.39 is 24.5 Å². The highest BCUT2D eigenvalue weighted by molar-refractivity contribution is 7.16. The molecule has 25 heavy (non-hydrogen) atoms. The maximum atomic E-state index is 12.1. The van der Waals surface area contributed by atoms with Crippen molar-refractivity contribution < 1.29 is 23.9 Å². The molecule has 0 unspecified atom stereocenters. The largest absolute Gasteiger partial charge is 0.462 e. The summed E-state index contributed by atoms with van der Waals surface area (Å²) in [5.41, 5.74) is 1.12. The molecule has 0 saturated carbocycles. The Morgan fingerprint density at radius 1 is 1.20 bits per heavy atom. The van der Waals surface area contributed by atoms with Crippen molar-refractivity contribution in [3.05, 3.63) is 38.4 Å². The summed E-state index contributed by atoms with van der Waals surface area (Å²) in [6, 6.07) is 3.67. The Kier molecular flexibility index (Phi) is 6.72. The zero-order chi connectivity index (χ0) is 18.4. The third kappa shape index (κ3) is 5.14. The predicted octanol–water partition coefficient (Wildman–Crippen LogP) is 3.33. The van der Waals surface area contributed by atoms with Gasteiger partial charge in [0.05, 0.1) is 18.6 Å². The lowest BCUT2D eigenvalue weighted by Gasteiger charge is -2.07. The first-order chi connectivity index (χ1) is 11.9. The van der Waals surface area contributed by atoms with Crippen LogP contribution < -0.4 is 5.32 Å². The minimum absolute atomic E-state index is 0.135. The summed E-state index contributed by atoms with van der Waals surface area (Å²) in [5, 5.41) is 4.91. The molecular weight excluding hydrogens is 362 g/mol. The number of ether oxygens (including phenoxy) is 2. The molecule has 134 valence electrons. The monoisotopic (exact) mass is 381 g/mol. The van der Waals surface area contributed by atoms with E-state index >= 15 is 0 Å². The van der Waals surface area contributed by atoms with E-state index in [-0.39, 0.29) is 13.0 Å². The molecule has 0 radical (unpaired) electrons. The minimum Gasteiger partial charge on any atom is -0.462 e. The standard InChI is InChI=1S/C17H19NO5S2/c1-4-22-17(21)15-10(2)11(3)25-16(15)18-13(19)9-23-14(20)8-12-6-5-7-24-12/h5-7H,4,8-9H2,1-3H3,(H,18,19). The Morgan fingerprint density at radius 3 is 2.60 bits per heavy atom. The molecule has 0 fully saturated rings. The maximum absolute atomic E-state index is 12.1. The summed E-state index contributed by atoms with van der Waals surface area (Å²) in [5.74, 6) is -1.44. The number of carbonyl (C=O) groups excluding carboxylic acids is 3. The second-order valence-electron chi connectivity index (χ2n) is 5.17. The van der Waals surface area contributed by atoms with Gasteiger partial charge in [-0.2, -0.15) is 0 Å². The number of esters is 2. The molecule has 0 bridgehead atoms. The van der Waals surface area contributed by atoms with Gasteiger partial charge in [0.2, 0.25) is 0 Å². The normalized spacial score (nSPS) is 10.4. The van der Waals surface area contributed by atoms with E-state index in [0.717, 1.165) is 15.3 Å². The number of hydrogen-bond donors (Lipinski definition) is 1. The Morgan fingerprint density at radius 2 is 1.96 bits per heavy atom. The highest BCUT2D eigenvalue weighted by atomic mass is 32.1. The molecule has 1 N–H and O–H groups in total. The summed E-state index contributed by atoms with van der Waals surface area (Å²) in [7, 11) is 0. The van der Waals surface area contributed by atoms with Crippen LogP contribution in [-0.4, -0.2) is 31.1 Å². The molecule has 0 saturated heterocycles. The van der Waals surface area contributed by atoms with E-state index in [4.69, 9.17) is 9.47 Å². The van der Waals surface area contributed by atoms with Gasteiger partial charge in [-0.1, -0.05) is 6.07 Å². The zero-order valence-corrected chi connectivity index (χ0v) is 15.8. The fraction of sp³-hybridized carbons (Fsp3) is 0.353. The topological polar surface area (TPSA) is 81.7 Å². The van der Waals surface area contributed by atoms with Crippen LogP contribution in [0.15, 0.2) is 17.5 Å². The Balaban J connectivity index is 1.95. The van der Waals surface area contributed by atoms with Gasteiger partial charge in [0.1, 0.15) is 5.00 Å². The van der Waals surface area contributed by atoms with Crippen LogP contribution in [-0.2, 0) is 25.5 Å². The highest BCUT2D eigenvalue weighted by Crippen LogP contribution is 2.33. The maximum Gasteiger partial charge on any atom is 0.341 e. The number of hydrogen-bond acceptors (Lipinski definition) is 7. The van der Waals surface area contributed by atoms with Crippen molar-refractivity contribution in [2.24, 2.45) is 0 Å². The lowest BCUT2D eigenvalue weighted by atomic mass is 10.1. The molecule has 2 aromatic rings. The van der Waals surface area contributed by atoms with Crippen molar-refractivity contribution in [1.82, 2.24) is 0 Å². The van der Waals surface area contributed by atoms with Gasteiger partial charge in [0, 0.05) is 9.75 Å². The van der Waals surface area contributed by atoms with Crippen LogP contribution in [0.5, 0.6) is 0 Å². The molecule has 2 rings (SSSR count). The smallest absolute Gasteiger partial charge is 0.341 e. The first kappa shape index (κ1) is 19.1. The van der Waals surface area contributed by atoms with Crippen LogP contribution in [0.1, 0.15) is 32.6 Å². The van der Waals surface area contributed by atoms with Gasteiger partial charge >= 0.3 is 11.9 Å². The first-order valence-electron chi connectivity index (χ1n) is 7.67. The van der Waals surface area contributed by atoms with Crippen LogP contribution in [0.3, 0.4) is 0 Å². The van der Waals surface area contributed by atoms with Gasteiger partial charge in [0.25, 0.3) is 5.91 Å². The average molecular weight is 381 g/mol. The molecule has 8 heteroatoms. The first-order valence-corrected chi connectivity index (χ1v) is 9.37. The summed E-state index contributed by atoms with van der Waals surface area (Å²) in [4.78, 5) is 37.6. The van der Waals surface area contributed by atoms with E-state index in [1.165, 1.54) is 22.7 Å².